The van der Waals surface area contributed by atoms with E-state index in [2.05, 4.69) is 61.0 Å². The number of nitro groups is 1. The van der Waals surface area contributed by atoms with Crippen LogP contribution in [0.4, 0.5) is 11.4 Å². The summed E-state index contributed by atoms with van der Waals surface area (Å²) in [5.41, 5.74) is 4.90. The number of nitrogens with one attached hydrogen (secondary N) is 2. The summed E-state index contributed by atoms with van der Waals surface area (Å²) in [7, 11) is 0. The Morgan fingerprint density at radius 3 is 2.46 bits per heavy atom. The van der Waals surface area contributed by atoms with Crippen LogP contribution in [-0.2, 0) is 11.4 Å². The molecule has 3 rings (SSSR count). The molecule has 0 unspecified atom stereocenters. The van der Waals surface area contributed by atoms with Gasteiger partial charge in [-0.25, -0.2) is 5.43 Å². The summed E-state index contributed by atoms with van der Waals surface area (Å²) in [4.78, 5) is 22.4. The highest BCUT2D eigenvalue weighted by Gasteiger charge is 2.13. The Bertz CT molecular complexity index is 1200. The third kappa shape index (κ3) is 8.35. The molecule has 35 heavy (non-hydrogen) atoms. The number of anilines is 1. The Labute approximate surface area is 229 Å². The van der Waals surface area contributed by atoms with Gasteiger partial charge in [0.2, 0.25) is 0 Å². The normalized spacial score (nSPS) is 10.7. The van der Waals surface area contributed by atoms with Gasteiger partial charge in [0.1, 0.15) is 6.61 Å². The van der Waals surface area contributed by atoms with Crippen LogP contribution in [0, 0.1) is 17.3 Å². The number of carbonyl (C=O) groups is 1. The molecule has 0 radical (unpaired) electrons. The molecule has 3 aromatic rings. The largest absolute Gasteiger partial charge is 0.490 e. The van der Waals surface area contributed by atoms with Crippen LogP contribution in [0.3, 0.4) is 0 Å². The minimum absolute atomic E-state index is 0.0275. The number of hydrogen-bond acceptors (Lipinski definition) is 7. The van der Waals surface area contributed by atoms with E-state index in [0.717, 1.165) is 24.0 Å². The molecule has 11 heteroatoms. The Hall–Kier alpha value is -2.94. The Balaban J connectivity index is 1.60. The van der Waals surface area contributed by atoms with Crippen molar-refractivity contribution < 1.29 is 19.2 Å². The van der Waals surface area contributed by atoms with Crippen LogP contribution >= 0.6 is 45.2 Å². The van der Waals surface area contributed by atoms with Crippen molar-refractivity contribution in [1.29, 1.82) is 0 Å². The number of nitrogens with zero attached hydrogens (tertiary/aromatic N) is 2. The van der Waals surface area contributed by atoms with Crippen molar-refractivity contribution in [3.63, 3.8) is 0 Å². The lowest BCUT2D eigenvalue weighted by Crippen LogP contribution is -2.25. The number of hydrogen-bond donors (Lipinski definition) is 2. The lowest BCUT2D eigenvalue weighted by atomic mass is 10.2. The maximum Gasteiger partial charge on any atom is 0.269 e. The van der Waals surface area contributed by atoms with Crippen molar-refractivity contribution in [3.8, 4) is 11.5 Å². The van der Waals surface area contributed by atoms with E-state index in [4.69, 9.17) is 9.47 Å². The molecule has 0 aliphatic heterocycles. The Morgan fingerprint density at radius 1 is 1.09 bits per heavy atom. The summed E-state index contributed by atoms with van der Waals surface area (Å²) in [6.07, 6.45) is 1.54. The lowest BCUT2D eigenvalue weighted by Gasteiger charge is -2.14. The second kappa shape index (κ2) is 13.2. The van der Waals surface area contributed by atoms with Gasteiger partial charge in [-0.15, -0.1) is 0 Å². The summed E-state index contributed by atoms with van der Waals surface area (Å²) in [5, 5.41) is 17.9. The average Bonchev–Trinajstić information content (AvgIpc) is 2.83. The lowest BCUT2D eigenvalue weighted by molar-refractivity contribution is -0.384. The number of benzene rings is 3. The molecule has 0 aliphatic carbocycles. The van der Waals surface area contributed by atoms with Crippen LogP contribution in [0.1, 0.15) is 18.1 Å². The van der Waals surface area contributed by atoms with Gasteiger partial charge < -0.3 is 14.8 Å². The predicted molar refractivity (Wildman–Crippen MR) is 151 cm³/mol. The molecule has 0 fully saturated rings. The van der Waals surface area contributed by atoms with Crippen LogP contribution in [0.2, 0.25) is 0 Å². The van der Waals surface area contributed by atoms with Crippen molar-refractivity contribution in [1.82, 2.24) is 5.43 Å². The molecule has 0 saturated carbocycles. The molecule has 0 heterocycles. The predicted octanol–water partition coefficient (Wildman–Crippen LogP) is 5.34. The fourth-order valence-corrected chi connectivity index (χ4v) is 4.04. The van der Waals surface area contributed by atoms with Gasteiger partial charge >= 0.3 is 0 Å². The van der Waals surface area contributed by atoms with Crippen LogP contribution in [0.5, 0.6) is 11.5 Å². The zero-order chi connectivity index (χ0) is 25.2. The molecular weight excluding hydrogens is 678 g/mol. The number of rotatable bonds is 11. The average molecular weight is 700 g/mol. The highest BCUT2D eigenvalue weighted by molar-refractivity contribution is 14.1. The summed E-state index contributed by atoms with van der Waals surface area (Å²) < 4.78 is 13.6. The van der Waals surface area contributed by atoms with Gasteiger partial charge in [-0.3, -0.25) is 14.9 Å². The molecule has 2 N–H and O–H groups in total. The molecule has 0 aliphatic rings. The minimum Gasteiger partial charge on any atom is -0.490 e. The van der Waals surface area contributed by atoms with Crippen molar-refractivity contribution in [2.45, 2.75) is 13.5 Å². The van der Waals surface area contributed by atoms with Crippen LogP contribution in [0.25, 0.3) is 0 Å². The van der Waals surface area contributed by atoms with E-state index in [1.807, 2.05) is 37.3 Å². The third-order valence-corrected chi connectivity index (χ3v) is 6.08. The fourth-order valence-electron chi connectivity index (χ4n) is 2.90. The van der Waals surface area contributed by atoms with Crippen LogP contribution in [-0.4, -0.2) is 30.2 Å². The highest BCUT2D eigenvalue weighted by atomic mass is 127. The van der Waals surface area contributed by atoms with Gasteiger partial charge in [-0.05, 0) is 112 Å². The summed E-state index contributed by atoms with van der Waals surface area (Å²) in [6, 6.07) is 17.5. The SMILES string of the molecule is CCOc1cc(/C=N\NC(=O)CNc2ccc(I)cc2)cc(I)c1OCc1ccc([N+](=O)[O-])cc1. The maximum atomic E-state index is 12.1. The van der Waals surface area contributed by atoms with Crippen molar-refractivity contribution in [2.75, 3.05) is 18.5 Å². The Morgan fingerprint density at radius 2 is 1.80 bits per heavy atom. The van der Waals surface area contributed by atoms with Gasteiger partial charge in [0.25, 0.3) is 11.6 Å². The zero-order valence-corrected chi connectivity index (χ0v) is 23.0. The molecule has 1 amide bonds. The first-order valence-corrected chi connectivity index (χ1v) is 12.6. The molecule has 0 aromatic heterocycles. The minimum atomic E-state index is -0.441. The second-order valence-corrected chi connectivity index (χ2v) is 9.54. The molecule has 182 valence electrons. The number of halogens is 2. The third-order valence-electron chi connectivity index (χ3n) is 4.56. The van der Waals surface area contributed by atoms with E-state index in [9.17, 15) is 14.9 Å². The van der Waals surface area contributed by atoms with E-state index >= 15 is 0 Å². The number of non-ortho nitro benzene ring substituents is 1. The maximum absolute atomic E-state index is 12.1. The highest BCUT2D eigenvalue weighted by Crippen LogP contribution is 2.34. The quantitative estimate of drug-likeness (QED) is 0.121. The van der Waals surface area contributed by atoms with Crippen molar-refractivity contribution in [3.05, 3.63) is 89.0 Å². The van der Waals surface area contributed by atoms with E-state index < -0.39 is 4.92 Å². The van der Waals surface area contributed by atoms with E-state index in [-0.39, 0.29) is 24.7 Å². The van der Waals surface area contributed by atoms with E-state index in [1.54, 1.807) is 18.2 Å². The summed E-state index contributed by atoms with van der Waals surface area (Å²) in [5.74, 6) is 0.825. The van der Waals surface area contributed by atoms with Crippen molar-refractivity contribution in [2.24, 2.45) is 5.10 Å². The second-order valence-electron chi connectivity index (χ2n) is 7.13. The number of amides is 1. The molecule has 0 spiro atoms. The first kappa shape index (κ1) is 26.7. The monoisotopic (exact) mass is 700 g/mol. The van der Waals surface area contributed by atoms with Crippen molar-refractivity contribution >= 4 is 68.7 Å². The number of carbonyl (C=O) groups excluding carboxylic acids is 1. The van der Waals surface area contributed by atoms with Gasteiger partial charge in [0.15, 0.2) is 11.5 Å². The number of ether oxygens (including phenoxy) is 2. The summed E-state index contributed by atoms with van der Waals surface area (Å²) >= 11 is 4.36. The first-order valence-electron chi connectivity index (χ1n) is 10.5. The van der Waals surface area contributed by atoms with Crippen LogP contribution in [0.15, 0.2) is 65.8 Å². The van der Waals surface area contributed by atoms with Gasteiger partial charge in [-0.1, -0.05) is 0 Å². The number of nitro benzene ring substituents is 1. The summed E-state index contributed by atoms with van der Waals surface area (Å²) in [6.45, 7) is 2.63. The topological polar surface area (TPSA) is 115 Å². The van der Waals surface area contributed by atoms with Gasteiger partial charge in [-0.2, -0.15) is 5.10 Å². The van der Waals surface area contributed by atoms with E-state index in [0.29, 0.717) is 18.1 Å². The fraction of sp³-hybridized carbons (Fsp3) is 0.167. The first-order chi connectivity index (χ1) is 16.9. The Kier molecular flexibility index (Phi) is 10.1. The smallest absolute Gasteiger partial charge is 0.269 e. The molecular formula is C24H22I2N4O5. The van der Waals surface area contributed by atoms with Gasteiger partial charge in [0, 0.05) is 21.4 Å². The number of hydrazone groups is 1. The molecule has 9 nitrogen and oxygen atoms in total. The van der Waals surface area contributed by atoms with Crippen LogP contribution < -0.4 is 20.2 Å². The zero-order valence-electron chi connectivity index (χ0n) is 18.7. The molecule has 0 atom stereocenters. The molecule has 3 aromatic carbocycles. The molecule has 0 bridgehead atoms. The van der Waals surface area contributed by atoms with Gasteiger partial charge in [0.05, 0.1) is 27.9 Å². The molecule has 0 saturated heterocycles. The van der Waals surface area contributed by atoms with E-state index in [1.165, 1.54) is 18.3 Å². The standard InChI is InChI=1S/C24H22I2N4O5/c1-2-34-22-12-17(13-28-29-23(31)14-27-19-7-5-18(25)6-8-19)11-21(26)24(22)35-15-16-3-9-20(10-4-16)30(32)33/h3-13,27H,2,14-15H2,1H3,(H,29,31)/b28-13-.